The Bertz CT molecular complexity index is 1150. The Kier molecular flexibility index (Phi) is 5.48. The minimum Gasteiger partial charge on any atom is -0.431 e. The van der Waals surface area contributed by atoms with Crippen LogP contribution < -0.4 is 5.43 Å². The molecule has 0 aliphatic heterocycles. The lowest BCUT2D eigenvalue weighted by Crippen LogP contribution is -2.19. The minimum absolute atomic E-state index is 0.174. The van der Waals surface area contributed by atoms with Gasteiger partial charge < -0.3 is 8.98 Å². The van der Waals surface area contributed by atoms with Crippen LogP contribution in [0.15, 0.2) is 75.4 Å². The van der Waals surface area contributed by atoms with Crippen LogP contribution >= 0.6 is 11.8 Å². The first-order valence-electron chi connectivity index (χ1n) is 9.16. The quantitative estimate of drug-likeness (QED) is 0.292. The van der Waals surface area contributed by atoms with Gasteiger partial charge >= 0.3 is 0 Å². The van der Waals surface area contributed by atoms with Gasteiger partial charge in [0.1, 0.15) is 5.52 Å². The molecule has 4 aromatic rings. The number of nitrogens with one attached hydrogen (secondary N) is 1. The highest BCUT2D eigenvalue weighted by Gasteiger charge is 2.10. The van der Waals surface area contributed by atoms with E-state index in [1.807, 2.05) is 62.4 Å². The third-order valence-corrected chi connectivity index (χ3v) is 5.31. The molecule has 1 N–H and O–H groups in total. The molecule has 6 nitrogen and oxygen atoms in total. The van der Waals surface area contributed by atoms with E-state index in [0.29, 0.717) is 10.8 Å². The second-order valence-corrected chi connectivity index (χ2v) is 7.45. The van der Waals surface area contributed by atoms with E-state index in [0.717, 1.165) is 28.2 Å². The molecule has 0 unspecified atom stereocenters. The van der Waals surface area contributed by atoms with E-state index in [1.54, 1.807) is 6.21 Å². The van der Waals surface area contributed by atoms with Gasteiger partial charge in [0.2, 0.25) is 0 Å². The standard InChI is InChI=1S/C22H20N4O2S/c1-15-12-17(16(2)26(15)18-8-4-3-5-9-18)13-23-25-21(27)14-29-22-24-19-10-6-7-11-20(19)28-22/h3-13H,14H2,1-2H3,(H,25,27)/b23-13-. The zero-order chi connectivity index (χ0) is 20.2. The van der Waals surface area contributed by atoms with Crippen LogP contribution in [-0.4, -0.2) is 27.4 Å². The molecule has 2 aromatic heterocycles. The average Bonchev–Trinajstić information content (AvgIpc) is 3.27. The molecule has 2 heterocycles. The average molecular weight is 404 g/mol. The van der Waals surface area contributed by atoms with Gasteiger partial charge in [-0.3, -0.25) is 4.79 Å². The molecule has 0 saturated carbocycles. The number of thioether (sulfide) groups is 1. The van der Waals surface area contributed by atoms with Crippen LogP contribution in [0.25, 0.3) is 16.8 Å². The summed E-state index contributed by atoms with van der Waals surface area (Å²) in [5, 5.41) is 4.57. The zero-order valence-electron chi connectivity index (χ0n) is 16.1. The van der Waals surface area contributed by atoms with E-state index in [2.05, 4.69) is 32.2 Å². The first kappa shape index (κ1) is 19.0. The van der Waals surface area contributed by atoms with Crippen LogP contribution in [0.3, 0.4) is 0 Å². The number of oxazole rings is 1. The lowest BCUT2D eigenvalue weighted by molar-refractivity contribution is -0.118. The predicted molar refractivity (Wildman–Crippen MR) is 116 cm³/mol. The van der Waals surface area contributed by atoms with Crippen molar-refractivity contribution < 1.29 is 9.21 Å². The van der Waals surface area contributed by atoms with Crippen molar-refractivity contribution in [3.63, 3.8) is 0 Å². The van der Waals surface area contributed by atoms with Crippen LogP contribution in [0.1, 0.15) is 17.0 Å². The van der Waals surface area contributed by atoms with Crippen molar-refractivity contribution in [3.05, 3.63) is 77.6 Å². The molecule has 0 spiro atoms. The summed E-state index contributed by atoms with van der Waals surface area (Å²) in [7, 11) is 0. The molecule has 4 rings (SSSR count). The number of hydrazone groups is 1. The number of nitrogens with zero attached hydrogens (tertiary/aromatic N) is 3. The van der Waals surface area contributed by atoms with Crippen molar-refractivity contribution >= 4 is 35.0 Å². The Morgan fingerprint density at radius 3 is 2.72 bits per heavy atom. The van der Waals surface area contributed by atoms with E-state index < -0.39 is 0 Å². The van der Waals surface area contributed by atoms with Gasteiger partial charge in [0.05, 0.1) is 12.0 Å². The number of hydrogen-bond donors (Lipinski definition) is 1. The van der Waals surface area contributed by atoms with Gasteiger partial charge in [-0.1, -0.05) is 42.1 Å². The summed E-state index contributed by atoms with van der Waals surface area (Å²) in [6.45, 7) is 4.08. The molecule has 146 valence electrons. The number of aromatic nitrogens is 2. The van der Waals surface area contributed by atoms with Crippen molar-refractivity contribution in [2.45, 2.75) is 19.1 Å². The van der Waals surface area contributed by atoms with Crippen molar-refractivity contribution in [3.8, 4) is 5.69 Å². The van der Waals surface area contributed by atoms with Gasteiger partial charge in [0, 0.05) is 22.6 Å². The van der Waals surface area contributed by atoms with E-state index in [1.165, 1.54) is 11.8 Å². The van der Waals surface area contributed by atoms with Crippen molar-refractivity contribution in [2.75, 3.05) is 5.75 Å². The van der Waals surface area contributed by atoms with E-state index in [9.17, 15) is 4.79 Å². The van der Waals surface area contributed by atoms with Crippen molar-refractivity contribution in [1.29, 1.82) is 0 Å². The Morgan fingerprint density at radius 2 is 1.93 bits per heavy atom. The molecule has 0 aliphatic carbocycles. The number of amides is 1. The molecule has 0 saturated heterocycles. The van der Waals surface area contributed by atoms with Crippen LogP contribution in [0.4, 0.5) is 0 Å². The number of carbonyl (C=O) groups excluding carboxylic acids is 1. The van der Waals surface area contributed by atoms with Crippen LogP contribution in [0.2, 0.25) is 0 Å². The fourth-order valence-corrected chi connectivity index (χ4v) is 3.77. The predicted octanol–water partition coefficient (Wildman–Crippen LogP) is 4.48. The van der Waals surface area contributed by atoms with E-state index in [4.69, 9.17) is 4.42 Å². The number of hydrogen-bond acceptors (Lipinski definition) is 5. The molecule has 0 radical (unpaired) electrons. The third-order valence-electron chi connectivity index (χ3n) is 4.48. The summed E-state index contributed by atoms with van der Waals surface area (Å²) < 4.78 is 7.76. The Morgan fingerprint density at radius 1 is 1.17 bits per heavy atom. The van der Waals surface area contributed by atoms with Crippen molar-refractivity contribution in [2.24, 2.45) is 5.10 Å². The maximum Gasteiger partial charge on any atom is 0.257 e. The SMILES string of the molecule is Cc1cc(/C=N\NC(=O)CSc2nc3ccccc3o2)c(C)n1-c1ccccc1. The second-order valence-electron chi connectivity index (χ2n) is 6.53. The molecule has 0 atom stereocenters. The smallest absolute Gasteiger partial charge is 0.257 e. The lowest BCUT2D eigenvalue weighted by atomic mass is 10.2. The van der Waals surface area contributed by atoms with Crippen LogP contribution in [-0.2, 0) is 4.79 Å². The Balaban J connectivity index is 1.37. The van der Waals surface area contributed by atoms with Gasteiger partial charge in [-0.25, -0.2) is 10.4 Å². The highest BCUT2D eigenvalue weighted by molar-refractivity contribution is 7.99. The van der Waals surface area contributed by atoms with Gasteiger partial charge in [-0.15, -0.1) is 0 Å². The maximum atomic E-state index is 12.1. The van der Waals surface area contributed by atoms with Crippen LogP contribution in [0, 0.1) is 13.8 Å². The summed E-state index contributed by atoms with van der Waals surface area (Å²) in [6.07, 6.45) is 1.67. The largest absolute Gasteiger partial charge is 0.431 e. The third kappa shape index (κ3) is 4.25. The number of aryl methyl sites for hydroxylation is 1. The molecular weight excluding hydrogens is 384 g/mol. The molecule has 0 bridgehead atoms. The highest BCUT2D eigenvalue weighted by atomic mass is 32.2. The van der Waals surface area contributed by atoms with E-state index in [-0.39, 0.29) is 11.7 Å². The highest BCUT2D eigenvalue weighted by Crippen LogP contribution is 2.23. The first-order chi connectivity index (χ1) is 14.1. The molecule has 0 fully saturated rings. The van der Waals surface area contributed by atoms with E-state index >= 15 is 0 Å². The van der Waals surface area contributed by atoms with Gasteiger partial charge in [-0.2, -0.15) is 5.10 Å². The van der Waals surface area contributed by atoms with Gasteiger partial charge in [-0.05, 0) is 44.2 Å². The summed E-state index contributed by atoms with van der Waals surface area (Å²) in [6, 6.07) is 19.7. The molecule has 0 aliphatic rings. The molecule has 1 amide bonds. The topological polar surface area (TPSA) is 72.4 Å². The summed E-state index contributed by atoms with van der Waals surface area (Å²) >= 11 is 1.24. The second kappa shape index (κ2) is 8.36. The van der Waals surface area contributed by atoms with Gasteiger partial charge in [0.25, 0.3) is 11.1 Å². The Labute approximate surface area is 172 Å². The molecule has 29 heavy (non-hydrogen) atoms. The fourth-order valence-electron chi connectivity index (χ4n) is 3.14. The maximum absolute atomic E-state index is 12.1. The molecule has 7 heteroatoms. The number of carbonyl (C=O) groups is 1. The first-order valence-corrected chi connectivity index (χ1v) is 10.1. The monoisotopic (exact) mass is 404 g/mol. The number of benzene rings is 2. The molecular formula is C22H20N4O2S. The normalized spacial score (nSPS) is 11.4. The zero-order valence-corrected chi connectivity index (χ0v) is 16.9. The summed E-state index contributed by atoms with van der Waals surface area (Å²) in [5.41, 5.74) is 8.27. The fraction of sp³-hybridized carbons (Fsp3) is 0.136. The number of fused-ring (bicyclic) bond motifs is 1. The Hall–Kier alpha value is -3.32. The van der Waals surface area contributed by atoms with Gasteiger partial charge in [0.15, 0.2) is 5.58 Å². The summed E-state index contributed by atoms with van der Waals surface area (Å²) in [4.78, 5) is 16.4. The van der Waals surface area contributed by atoms with Crippen molar-refractivity contribution in [1.82, 2.24) is 15.0 Å². The number of rotatable bonds is 6. The number of para-hydroxylation sites is 3. The summed E-state index contributed by atoms with van der Waals surface area (Å²) in [5.74, 6) is -0.0434. The lowest BCUT2D eigenvalue weighted by Gasteiger charge is -2.08. The minimum atomic E-state index is -0.217. The van der Waals surface area contributed by atoms with Crippen LogP contribution in [0.5, 0.6) is 0 Å². The molecule has 2 aromatic carbocycles.